The van der Waals surface area contributed by atoms with Crippen molar-refractivity contribution in [1.29, 1.82) is 0 Å². The third-order valence-electron chi connectivity index (χ3n) is 9.07. The van der Waals surface area contributed by atoms with Gasteiger partial charge in [-0.3, -0.25) is 19.4 Å². The minimum atomic E-state index is -5.41. The molecule has 50 heavy (non-hydrogen) atoms. The first-order valence-electron chi connectivity index (χ1n) is 15.5. The van der Waals surface area contributed by atoms with E-state index in [1.807, 2.05) is 12.1 Å². The summed E-state index contributed by atoms with van der Waals surface area (Å²) in [7, 11) is 0. The molecule has 5 heterocycles. The molecule has 0 saturated carbocycles. The number of aliphatic hydroxyl groups is 2. The molecule has 2 aromatic carbocycles. The van der Waals surface area contributed by atoms with Gasteiger partial charge in [-0.2, -0.15) is 13.2 Å². The van der Waals surface area contributed by atoms with Crippen LogP contribution in [0.4, 0.5) is 23.7 Å². The number of cyclic esters (lactones) is 1. The summed E-state index contributed by atoms with van der Waals surface area (Å²) in [4.78, 5) is 60.0. The van der Waals surface area contributed by atoms with Crippen molar-refractivity contribution in [3.05, 3.63) is 92.8 Å². The molecule has 258 valence electrons. The number of pyridine rings is 2. The van der Waals surface area contributed by atoms with Crippen LogP contribution in [0.1, 0.15) is 53.3 Å². The van der Waals surface area contributed by atoms with E-state index in [1.54, 1.807) is 24.4 Å². The molecule has 0 radical (unpaired) electrons. The van der Waals surface area contributed by atoms with E-state index in [0.717, 1.165) is 5.39 Å². The maximum absolute atomic E-state index is 14.0. The number of aromatic nitrogens is 2. The molecule has 3 aliphatic heterocycles. The number of urea groups is 1. The molecule has 4 unspecified atom stereocenters. The summed E-state index contributed by atoms with van der Waals surface area (Å²) in [6, 6.07) is 11.7. The molecule has 1 saturated heterocycles. The van der Waals surface area contributed by atoms with Crippen molar-refractivity contribution in [2.75, 3.05) is 6.61 Å². The van der Waals surface area contributed by atoms with Gasteiger partial charge in [0.15, 0.2) is 0 Å². The maximum atomic E-state index is 14.0. The second-order valence-corrected chi connectivity index (χ2v) is 12.0. The number of hydrogen-bond donors (Lipinski definition) is 4. The fourth-order valence-electron chi connectivity index (χ4n) is 6.66. The molecule has 4 aromatic rings. The summed E-state index contributed by atoms with van der Waals surface area (Å²) in [6.07, 6.45) is -5.35. The number of aliphatic hydroxyl groups excluding tert-OH is 1. The summed E-state index contributed by atoms with van der Waals surface area (Å²) in [6.45, 7) is 0.990. The van der Waals surface area contributed by atoms with Gasteiger partial charge < -0.3 is 34.9 Å². The molecule has 0 aliphatic carbocycles. The summed E-state index contributed by atoms with van der Waals surface area (Å²) in [5.41, 5.74) is -0.531. The number of benzene rings is 2. The molecule has 16 heteroatoms. The first-order chi connectivity index (χ1) is 23.8. The van der Waals surface area contributed by atoms with Crippen molar-refractivity contribution in [3.63, 3.8) is 0 Å². The molecule has 7 rings (SSSR count). The van der Waals surface area contributed by atoms with Gasteiger partial charge in [-0.25, -0.2) is 9.78 Å². The lowest BCUT2D eigenvalue weighted by Gasteiger charge is -2.44. The molecule has 0 bridgehead atoms. The quantitative estimate of drug-likeness (QED) is 0.159. The minimum absolute atomic E-state index is 0.0808. The second-order valence-electron chi connectivity index (χ2n) is 12.0. The Morgan fingerprint density at radius 2 is 1.90 bits per heavy atom. The molecule has 0 spiro atoms. The Bertz CT molecular complexity index is 2170. The van der Waals surface area contributed by atoms with Crippen molar-refractivity contribution in [3.8, 4) is 11.4 Å². The van der Waals surface area contributed by atoms with Gasteiger partial charge in [0, 0.05) is 22.7 Å². The number of carbonyl (C=O) groups excluding carboxylic acids is 3. The SMILES string of the molecule is CCOC(=O)C1C(c2ccc(N=Cc3c4c(nc5ccccc35)-c3cc5c(c(=O)n3C4)COC(=O)CC5O)cc2)NC(=O)NC1(O)C(F)(F)F. The average molecular weight is 692 g/mol. The van der Waals surface area contributed by atoms with E-state index in [0.29, 0.717) is 39.3 Å². The van der Waals surface area contributed by atoms with Crippen molar-refractivity contribution >= 4 is 40.8 Å². The summed E-state index contributed by atoms with van der Waals surface area (Å²) < 4.78 is 53.6. The molecule has 2 amide bonds. The van der Waals surface area contributed by atoms with Crippen LogP contribution in [-0.2, 0) is 32.2 Å². The predicted octanol–water partition coefficient (Wildman–Crippen LogP) is 3.44. The lowest BCUT2D eigenvalue weighted by molar-refractivity contribution is -0.294. The smallest absolute Gasteiger partial charge is 0.437 e. The number of carbonyl (C=O) groups is 3. The largest absolute Gasteiger partial charge is 0.466 e. The van der Waals surface area contributed by atoms with Crippen molar-refractivity contribution in [2.45, 2.75) is 50.5 Å². The zero-order valence-electron chi connectivity index (χ0n) is 26.2. The van der Waals surface area contributed by atoms with Gasteiger partial charge in [0.25, 0.3) is 11.3 Å². The van der Waals surface area contributed by atoms with Gasteiger partial charge in [-0.1, -0.05) is 30.3 Å². The third kappa shape index (κ3) is 5.36. The van der Waals surface area contributed by atoms with Gasteiger partial charge in [0.05, 0.1) is 59.9 Å². The number of rotatable bonds is 5. The number of esters is 2. The van der Waals surface area contributed by atoms with E-state index < -0.39 is 53.5 Å². The Morgan fingerprint density at radius 1 is 1.16 bits per heavy atom. The van der Waals surface area contributed by atoms with E-state index in [9.17, 15) is 42.6 Å². The zero-order valence-corrected chi connectivity index (χ0v) is 26.2. The fraction of sp³-hybridized carbons (Fsp3) is 0.294. The van der Waals surface area contributed by atoms with E-state index in [4.69, 9.17) is 14.5 Å². The standard InChI is InChI=1S/C34H28F3N5O8/c1-2-49-31(46)27-28(40-32(47)41-33(27,48)34(35,36)37)16-7-9-17(10-8-16)38-13-20-18-5-3-4-6-23(18)39-29-21(20)14-42-24(29)11-19-22(30(42)45)15-50-26(44)12-25(19)43/h3-11,13,25,27-28,43,48H,2,12,14-15H2,1H3,(H2,40,41,47). The number of fused-ring (bicyclic) bond motifs is 5. The summed E-state index contributed by atoms with van der Waals surface area (Å²) in [5, 5.41) is 25.7. The van der Waals surface area contributed by atoms with Gasteiger partial charge in [0.2, 0.25) is 0 Å². The predicted molar refractivity (Wildman–Crippen MR) is 169 cm³/mol. The number of alkyl halides is 3. The van der Waals surface area contributed by atoms with Crippen LogP contribution in [0.2, 0.25) is 0 Å². The van der Waals surface area contributed by atoms with E-state index in [2.05, 4.69) is 10.3 Å². The molecule has 4 atom stereocenters. The van der Waals surface area contributed by atoms with E-state index >= 15 is 0 Å². The van der Waals surface area contributed by atoms with Crippen molar-refractivity contribution in [2.24, 2.45) is 10.9 Å². The number of aliphatic imine (C=N–C) groups is 1. The number of hydrogen-bond acceptors (Lipinski definition) is 10. The van der Waals surface area contributed by atoms with Gasteiger partial charge in [-0.05, 0) is 42.3 Å². The van der Waals surface area contributed by atoms with Crippen LogP contribution in [0.15, 0.2) is 64.4 Å². The molecule has 3 aliphatic rings. The second kappa shape index (κ2) is 12.1. The Labute approximate surface area is 280 Å². The highest BCUT2D eigenvalue weighted by atomic mass is 19.4. The van der Waals surface area contributed by atoms with Crippen LogP contribution in [-0.4, -0.2) is 62.5 Å². The third-order valence-corrected chi connectivity index (χ3v) is 9.07. The van der Waals surface area contributed by atoms with Gasteiger partial charge in [0.1, 0.15) is 12.5 Å². The topological polar surface area (TPSA) is 181 Å². The molecule has 13 nitrogen and oxygen atoms in total. The number of amides is 2. The molecular weight excluding hydrogens is 663 g/mol. The molecular formula is C34H28F3N5O8. The average Bonchev–Trinajstić information content (AvgIpc) is 3.36. The van der Waals surface area contributed by atoms with Crippen molar-refractivity contribution in [1.82, 2.24) is 20.2 Å². The highest BCUT2D eigenvalue weighted by molar-refractivity contribution is 6.03. The van der Waals surface area contributed by atoms with E-state index in [1.165, 1.54) is 41.1 Å². The molecule has 4 N–H and O–H groups in total. The number of para-hydroxylation sites is 1. The Morgan fingerprint density at radius 3 is 2.62 bits per heavy atom. The fourth-order valence-corrected chi connectivity index (χ4v) is 6.66. The molecule has 2 aromatic heterocycles. The zero-order chi connectivity index (χ0) is 35.5. The number of nitrogens with zero attached hydrogens (tertiary/aromatic N) is 3. The number of nitrogens with one attached hydrogen (secondary N) is 2. The van der Waals surface area contributed by atoms with Crippen LogP contribution < -0.4 is 16.2 Å². The van der Waals surface area contributed by atoms with Crippen LogP contribution in [0.25, 0.3) is 22.3 Å². The Hall–Kier alpha value is -5.61. The lowest BCUT2D eigenvalue weighted by atomic mass is 9.82. The first kappa shape index (κ1) is 32.9. The van der Waals surface area contributed by atoms with Crippen LogP contribution in [0.5, 0.6) is 0 Å². The lowest BCUT2D eigenvalue weighted by Crippen LogP contribution is -2.73. The number of halogens is 3. The van der Waals surface area contributed by atoms with Crippen LogP contribution in [0.3, 0.4) is 0 Å². The highest BCUT2D eigenvalue weighted by Crippen LogP contribution is 2.43. The van der Waals surface area contributed by atoms with Gasteiger partial charge >= 0.3 is 24.1 Å². The molecule has 1 fully saturated rings. The minimum Gasteiger partial charge on any atom is -0.466 e. The van der Waals surface area contributed by atoms with E-state index in [-0.39, 0.29) is 37.3 Å². The van der Waals surface area contributed by atoms with Crippen LogP contribution >= 0.6 is 0 Å². The normalized spacial score (nSPS) is 23.0. The maximum Gasteiger partial charge on any atom is 0.437 e. The van der Waals surface area contributed by atoms with Crippen molar-refractivity contribution < 1.29 is 47.2 Å². The Kier molecular flexibility index (Phi) is 7.94. The number of ether oxygens (including phenoxy) is 2. The highest BCUT2D eigenvalue weighted by Gasteiger charge is 2.67. The van der Waals surface area contributed by atoms with Gasteiger partial charge in [-0.15, -0.1) is 0 Å². The summed E-state index contributed by atoms with van der Waals surface area (Å²) in [5.74, 6) is -4.25. The Balaban J connectivity index is 1.26. The first-order valence-corrected chi connectivity index (χ1v) is 15.5. The monoisotopic (exact) mass is 691 g/mol. The van der Waals surface area contributed by atoms with Crippen LogP contribution in [0, 0.1) is 5.92 Å². The summed E-state index contributed by atoms with van der Waals surface area (Å²) >= 11 is 0.